The lowest BCUT2D eigenvalue weighted by atomic mass is 10.1. The number of hydrogen-bond acceptors (Lipinski definition) is 3. The Labute approximate surface area is 151 Å². The minimum Gasteiger partial charge on any atom is -0.480 e. The first-order chi connectivity index (χ1) is 12.6. The van der Waals surface area contributed by atoms with Crippen LogP contribution in [0.25, 0.3) is 10.8 Å². The molecule has 4 nitrogen and oxygen atoms in total. The zero-order chi connectivity index (χ0) is 18.4. The van der Waals surface area contributed by atoms with E-state index in [2.05, 4.69) is 16.6 Å². The number of benzene rings is 3. The summed E-state index contributed by atoms with van der Waals surface area (Å²) in [6, 6.07) is 18.2. The molecule has 0 spiro atoms. The first-order valence-electron chi connectivity index (χ1n) is 7.88. The van der Waals surface area contributed by atoms with Crippen LogP contribution in [0.15, 0.2) is 71.6 Å². The maximum atomic E-state index is 12.9. The van der Waals surface area contributed by atoms with Gasteiger partial charge < -0.3 is 4.74 Å². The summed E-state index contributed by atoms with van der Waals surface area (Å²) in [7, 11) is -3.71. The number of sulfonamides is 1. The third-order valence-electron chi connectivity index (χ3n) is 3.65. The van der Waals surface area contributed by atoms with Gasteiger partial charge in [0.2, 0.25) is 10.0 Å². The molecular weight excluding hydrogens is 353 g/mol. The Morgan fingerprint density at radius 3 is 2.46 bits per heavy atom. The summed E-state index contributed by atoms with van der Waals surface area (Å²) in [5.41, 5.74) is 0. The van der Waals surface area contributed by atoms with Crippen molar-refractivity contribution in [2.24, 2.45) is 0 Å². The summed E-state index contributed by atoms with van der Waals surface area (Å²) in [6.45, 7) is 0.0882. The summed E-state index contributed by atoms with van der Waals surface area (Å²) in [6.07, 6.45) is 0. The Balaban J connectivity index is 1.55. The number of halogens is 1. The highest BCUT2D eigenvalue weighted by atomic mass is 32.2. The minimum atomic E-state index is -3.71. The molecule has 0 radical (unpaired) electrons. The standard InChI is InChI=1S/C20H16FNO3S/c21-17-10-12-18(13-11-17)26(23,24)22-14-3-4-15-25-20-9-5-7-16-6-1-2-8-19(16)20/h1-2,5-13,22H,14-15H2. The fourth-order valence-electron chi connectivity index (χ4n) is 2.38. The maximum absolute atomic E-state index is 12.9. The Hall–Kier alpha value is -2.88. The van der Waals surface area contributed by atoms with E-state index in [0.29, 0.717) is 0 Å². The van der Waals surface area contributed by atoms with Crippen LogP contribution in [0.1, 0.15) is 0 Å². The van der Waals surface area contributed by atoms with Crippen molar-refractivity contribution in [2.75, 3.05) is 13.2 Å². The number of rotatable bonds is 5. The molecule has 0 bridgehead atoms. The van der Waals surface area contributed by atoms with Gasteiger partial charge in [0.25, 0.3) is 0 Å². The molecule has 0 aliphatic rings. The lowest BCUT2D eigenvalue weighted by Gasteiger charge is -2.06. The first-order valence-corrected chi connectivity index (χ1v) is 9.36. The van der Waals surface area contributed by atoms with Gasteiger partial charge in [0.15, 0.2) is 0 Å². The molecule has 1 N–H and O–H groups in total. The van der Waals surface area contributed by atoms with Gasteiger partial charge in [0.1, 0.15) is 18.2 Å². The Morgan fingerprint density at radius 2 is 1.65 bits per heavy atom. The fourth-order valence-corrected chi connectivity index (χ4v) is 3.30. The van der Waals surface area contributed by atoms with Crippen LogP contribution in [0.3, 0.4) is 0 Å². The SMILES string of the molecule is O=S(=O)(NCC#CCOc1cccc2ccccc12)c1ccc(F)cc1. The molecule has 3 aromatic carbocycles. The summed E-state index contributed by atoms with van der Waals surface area (Å²) in [4.78, 5) is -0.00675. The zero-order valence-corrected chi connectivity index (χ0v) is 14.6. The quantitative estimate of drug-likeness (QED) is 0.702. The van der Waals surface area contributed by atoms with Crippen LogP contribution in [0, 0.1) is 17.7 Å². The smallest absolute Gasteiger partial charge is 0.241 e. The van der Waals surface area contributed by atoms with Crippen molar-refractivity contribution in [1.29, 1.82) is 0 Å². The maximum Gasteiger partial charge on any atom is 0.241 e. The van der Waals surface area contributed by atoms with Crippen molar-refractivity contribution in [2.45, 2.75) is 4.90 Å². The largest absolute Gasteiger partial charge is 0.480 e. The highest BCUT2D eigenvalue weighted by Crippen LogP contribution is 2.24. The van der Waals surface area contributed by atoms with Gasteiger partial charge in [-0.05, 0) is 35.7 Å². The number of fused-ring (bicyclic) bond motifs is 1. The van der Waals surface area contributed by atoms with Crippen LogP contribution in [-0.2, 0) is 10.0 Å². The van der Waals surface area contributed by atoms with Crippen LogP contribution in [0.4, 0.5) is 4.39 Å². The Kier molecular flexibility index (Phi) is 5.52. The Morgan fingerprint density at radius 1 is 0.923 bits per heavy atom. The number of nitrogens with one attached hydrogen (secondary N) is 1. The van der Waals surface area contributed by atoms with Gasteiger partial charge in [-0.3, -0.25) is 0 Å². The number of hydrogen-bond donors (Lipinski definition) is 1. The molecular formula is C20H16FNO3S. The molecule has 0 atom stereocenters. The Bertz CT molecular complexity index is 1060. The molecule has 0 aromatic heterocycles. The van der Waals surface area contributed by atoms with E-state index >= 15 is 0 Å². The fraction of sp³-hybridized carbons (Fsp3) is 0.100. The monoisotopic (exact) mass is 369 g/mol. The first kappa shape index (κ1) is 17.9. The van der Waals surface area contributed by atoms with Crippen LogP contribution in [-0.4, -0.2) is 21.6 Å². The second-order valence-electron chi connectivity index (χ2n) is 5.40. The van der Waals surface area contributed by atoms with Crippen LogP contribution >= 0.6 is 0 Å². The third-order valence-corrected chi connectivity index (χ3v) is 5.07. The van der Waals surface area contributed by atoms with Crippen molar-refractivity contribution >= 4 is 20.8 Å². The molecule has 132 valence electrons. The molecule has 3 aromatic rings. The van der Waals surface area contributed by atoms with E-state index in [-0.39, 0.29) is 18.0 Å². The van der Waals surface area contributed by atoms with Crippen molar-refractivity contribution in [3.63, 3.8) is 0 Å². The average molecular weight is 369 g/mol. The van der Waals surface area contributed by atoms with Crippen LogP contribution in [0.5, 0.6) is 5.75 Å². The normalized spacial score (nSPS) is 11.0. The van der Waals surface area contributed by atoms with Gasteiger partial charge in [-0.25, -0.2) is 12.8 Å². The lowest BCUT2D eigenvalue weighted by molar-refractivity contribution is 0.374. The molecule has 0 aliphatic carbocycles. The van der Waals surface area contributed by atoms with E-state index in [1.807, 2.05) is 42.5 Å². The van der Waals surface area contributed by atoms with Gasteiger partial charge in [-0.1, -0.05) is 48.2 Å². The predicted molar refractivity (Wildman–Crippen MR) is 98.8 cm³/mol. The summed E-state index contributed by atoms with van der Waals surface area (Å²) in [5.74, 6) is 5.71. The van der Waals surface area contributed by atoms with Crippen molar-refractivity contribution in [3.05, 3.63) is 72.5 Å². The zero-order valence-electron chi connectivity index (χ0n) is 13.8. The molecule has 0 unspecified atom stereocenters. The highest BCUT2D eigenvalue weighted by Gasteiger charge is 2.12. The predicted octanol–water partition coefficient (Wildman–Crippen LogP) is 3.34. The van der Waals surface area contributed by atoms with Gasteiger partial charge in [-0.15, -0.1) is 0 Å². The van der Waals surface area contributed by atoms with E-state index in [1.165, 1.54) is 12.1 Å². The minimum absolute atomic E-state index is 0.00675. The van der Waals surface area contributed by atoms with Gasteiger partial charge in [-0.2, -0.15) is 4.72 Å². The van der Waals surface area contributed by atoms with Gasteiger partial charge in [0, 0.05) is 5.39 Å². The summed E-state index contributed by atoms with van der Waals surface area (Å²) in [5, 5.41) is 2.07. The molecule has 0 saturated carbocycles. The third kappa shape index (κ3) is 4.39. The van der Waals surface area contributed by atoms with E-state index < -0.39 is 15.8 Å². The van der Waals surface area contributed by atoms with E-state index in [1.54, 1.807) is 0 Å². The van der Waals surface area contributed by atoms with Gasteiger partial charge >= 0.3 is 0 Å². The molecule has 26 heavy (non-hydrogen) atoms. The molecule has 3 rings (SSSR count). The lowest BCUT2D eigenvalue weighted by Crippen LogP contribution is -2.24. The average Bonchev–Trinajstić information content (AvgIpc) is 2.65. The molecule has 0 fully saturated rings. The second-order valence-corrected chi connectivity index (χ2v) is 7.16. The highest BCUT2D eigenvalue weighted by molar-refractivity contribution is 7.89. The van der Waals surface area contributed by atoms with Crippen molar-refractivity contribution in [3.8, 4) is 17.6 Å². The molecule has 6 heteroatoms. The topological polar surface area (TPSA) is 55.4 Å². The summed E-state index contributed by atoms with van der Waals surface area (Å²) >= 11 is 0. The van der Waals surface area contributed by atoms with E-state index in [9.17, 15) is 12.8 Å². The molecule has 0 heterocycles. The molecule has 0 saturated heterocycles. The van der Waals surface area contributed by atoms with Crippen LogP contribution in [0.2, 0.25) is 0 Å². The van der Waals surface area contributed by atoms with E-state index in [4.69, 9.17) is 4.74 Å². The summed E-state index contributed by atoms with van der Waals surface area (Å²) < 4.78 is 44.9. The molecule has 0 aliphatic heterocycles. The van der Waals surface area contributed by atoms with Crippen LogP contribution < -0.4 is 9.46 Å². The van der Waals surface area contributed by atoms with Crippen molar-refractivity contribution in [1.82, 2.24) is 4.72 Å². The van der Waals surface area contributed by atoms with Gasteiger partial charge in [0.05, 0.1) is 11.4 Å². The molecule has 0 amide bonds. The second kappa shape index (κ2) is 8.00. The van der Waals surface area contributed by atoms with E-state index in [0.717, 1.165) is 28.7 Å². The number of ether oxygens (including phenoxy) is 1. The van der Waals surface area contributed by atoms with Crippen molar-refractivity contribution < 1.29 is 17.5 Å².